The van der Waals surface area contributed by atoms with Crippen molar-refractivity contribution in [3.63, 3.8) is 0 Å². The minimum Gasteiger partial charge on any atom is -0.391 e. The summed E-state index contributed by atoms with van der Waals surface area (Å²) in [5, 5.41) is 12.7. The average Bonchev–Trinajstić information content (AvgIpc) is 2.35. The van der Waals surface area contributed by atoms with Crippen LogP contribution in [0.2, 0.25) is 0 Å². The molecule has 0 amide bonds. The maximum absolute atomic E-state index is 9.82. The number of hydrogen-bond acceptors (Lipinski definition) is 2. The number of nitrogens with zero attached hydrogens (tertiary/aromatic N) is 1. The van der Waals surface area contributed by atoms with E-state index in [2.05, 4.69) is 16.9 Å². The van der Waals surface area contributed by atoms with E-state index in [0.29, 0.717) is 25.5 Å². The summed E-state index contributed by atoms with van der Waals surface area (Å²) in [5.74, 6) is 0.338. The second-order valence-electron chi connectivity index (χ2n) is 4.38. The van der Waals surface area contributed by atoms with E-state index in [1.807, 2.05) is 37.3 Å². The van der Waals surface area contributed by atoms with Crippen LogP contribution in [0.4, 0.5) is 0 Å². The van der Waals surface area contributed by atoms with Crippen molar-refractivity contribution >= 4 is 29.9 Å². The molecule has 1 rings (SSSR count). The molecule has 1 aromatic carbocycles. The van der Waals surface area contributed by atoms with Crippen LogP contribution in [0, 0.1) is 0 Å². The number of halogens is 1. The predicted molar refractivity (Wildman–Crippen MR) is 90.9 cm³/mol. The summed E-state index contributed by atoms with van der Waals surface area (Å²) >= 11 is 0. The van der Waals surface area contributed by atoms with Crippen molar-refractivity contribution in [1.29, 1.82) is 0 Å². The summed E-state index contributed by atoms with van der Waals surface area (Å²) in [7, 11) is 0. The van der Waals surface area contributed by atoms with Crippen LogP contribution in [0.3, 0.4) is 0 Å². The van der Waals surface area contributed by atoms with Crippen LogP contribution in [-0.2, 0) is 6.42 Å². The zero-order valence-electron chi connectivity index (χ0n) is 11.2. The van der Waals surface area contributed by atoms with Crippen LogP contribution < -0.4 is 11.1 Å². The molecule has 0 aliphatic heterocycles. The number of rotatable bonds is 6. The van der Waals surface area contributed by atoms with E-state index in [0.717, 1.165) is 11.1 Å². The van der Waals surface area contributed by atoms with Crippen molar-refractivity contribution in [2.75, 3.05) is 13.1 Å². The van der Waals surface area contributed by atoms with Crippen LogP contribution in [0.15, 0.2) is 47.5 Å². The molecule has 1 atom stereocenters. The number of guanidine groups is 1. The molecule has 19 heavy (non-hydrogen) atoms. The number of aliphatic imine (C=N–C) groups is 1. The number of nitrogens with one attached hydrogen (secondary N) is 1. The zero-order chi connectivity index (χ0) is 13.4. The van der Waals surface area contributed by atoms with E-state index >= 15 is 0 Å². The number of hydrogen-bond donors (Lipinski definition) is 3. The van der Waals surface area contributed by atoms with Gasteiger partial charge in [0, 0.05) is 13.0 Å². The van der Waals surface area contributed by atoms with Gasteiger partial charge in [-0.3, -0.25) is 4.99 Å². The molecule has 0 aromatic heterocycles. The molecule has 0 saturated carbocycles. The van der Waals surface area contributed by atoms with E-state index in [1.54, 1.807) is 0 Å². The van der Waals surface area contributed by atoms with Gasteiger partial charge >= 0.3 is 0 Å². The van der Waals surface area contributed by atoms with E-state index in [9.17, 15) is 5.11 Å². The second kappa shape index (κ2) is 9.80. The highest BCUT2D eigenvalue weighted by Gasteiger charge is 2.04. The molecule has 0 fully saturated rings. The third kappa shape index (κ3) is 8.61. The Morgan fingerprint density at radius 1 is 1.42 bits per heavy atom. The van der Waals surface area contributed by atoms with Crippen molar-refractivity contribution in [2.24, 2.45) is 10.7 Å². The zero-order valence-corrected chi connectivity index (χ0v) is 13.5. The highest BCUT2D eigenvalue weighted by molar-refractivity contribution is 14.0. The lowest BCUT2D eigenvalue weighted by Gasteiger charge is -2.09. The summed E-state index contributed by atoms with van der Waals surface area (Å²) in [6.07, 6.45) is 0.0653. The van der Waals surface area contributed by atoms with Gasteiger partial charge in [0.1, 0.15) is 0 Å². The molecule has 0 heterocycles. The largest absolute Gasteiger partial charge is 0.391 e. The van der Waals surface area contributed by atoms with Crippen molar-refractivity contribution in [2.45, 2.75) is 19.4 Å². The first kappa shape index (κ1) is 17.9. The number of aliphatic hydroxyl groups excluding tert-OH is 1. The molecule has 0 aliphatic rings. The van der Waals surface area contributed by atoms with Crippen LogP contribution in [0.5, 0.6) is 0 Å². The minimum absolute atomic E-state index is 0. The first-order chi connectivity index (χ1) is 8.58. The monoisotopic (exact) mass is 375 g/mol. The van der Waals surface area contributed by atoms with Crippen LogP contribution in [-0.4, -0.2) is 30.3 Å². The van der Waals surface area contributed by atoms with Gasteiger partial charge in [-0.1, -0.05) is 42.5 Å². The Hall–Kier alpha value is -1.08. The summed E-state index contributed by atoms with van der Waals surface area (Å²) in [6.45, 7) is 6.56. The molecule has 4 nitrogen and oxygen atoms in total. The number of aliphatic hydroxyl groups is 1. The summed E-state index contributed by atoms with van der Waals surface area (Å²) in [4.78, 5) is 4.08. The predicted octanol–water partition coefficient (Wildman–Crippen LogP) is 1.69. The molecule has 0 radical (unpaired) electrons. The van der Waals surface area contributed by atoms with Gasteiger partial charge in [0.2, 0.25) is 0 Å². The van der Waals surface area contributed by atoms with Crippen molar-refractivity contribution < 1.29 is 5.11 Å². The van der Waals surface area contributed by atoms with Crippen LogP contribution >= 0.6 is 24.0 Å². The lowest BCUT2D eigenvalue weighted by Crippen LogP contribution is -2.33. The van der Waals surface area contributed by atoms with Crippen molar-refractivity contribution in [3.8, 4) is 0 Å². The summed E-state index contributed by atoms with van der Waals surface area (Å²) < 4.78 is 0. The minimum atomic E-state index is -0.516. The van der Waals surface area contributed by atoms with Gasteiger partial charge in [0.15, 0.2) is 5.96 Å². The maximum atomic E-state index is 9.82. The Kier molecular flexibility index (Phi) is 9.24. The molecule has 0 saturated heterocycles. The molecule has 0 bridgehead atoms. The van der Waals surface area contributed by atoms with Gasteiger partial charge in [-0.2, -0.15) is 0 Å². The first-order valence-corrected chi connectivity index (χ1v) is 5.98. The fourth-order valence-corrected chi connectivity index (χ4v) is 1.45. The molecule has 4 N–H and O–H groups in total. The number of nitrogens with two attached hydrogens (primary N) is 1. The molecular weight excluding hydrogens is 353 g/mol. The molecule has 0 aliphatic carbocycles. The number of benzene rings is 1. The van der Waals surface area contributed by atoms with E-state index < -0.39 is 6.10 Å². The Balaban J connectivity index is 0.00000324. The average molecular weight is 375 g/mol. The summed E-state index contributed by atoms with van der Waals surface area (Å²) in [6, 6.07) is 9.82. The van der Waals surface area contributed by atoms with Gasteiger partial charge in [-0.25, -0.2) is 0 Å². The van der Waals surface area contributed by atoms with Crippen molar-refractivity contribution in [1.82, 2.24) is 5.32 Å². The SMILES string of the molecule is C=C(C)CNC(N)=NCC(O)Cc1ccccc1.I. The first-order valence-electron chi connectivity index (χ1n) is 5.98. The quantitative estimate of drug-likeness (QED) is 0.307. The molecule has 106 valence electrons. The second-order valence-corrected chi connectivity index (χ2v) is 4.38. The topological polar surface area (TPSA) is 70.6 Å². The lowest BCUT2D eigenvalue weighted by atomic mass is 10.1. The summed E-state index contributed by atoms with van der Waals surface area (Å²) in [5.41, 5.74) is 7.73. The Morgan fingerprint density at radius 2 is 2.05 bits per heavy atom. The standard InChI is InChI=1S/C14H21N3O.HI/c1-11(2)9-16-14(15)17-10-13(18)8-12-6-4-3-5-7-12;/h3-7,13,18H,1,8-10H2,2H3,(H3,15,16,17);1H. The van der Waals surface area contributed by atoms with Crippen LogP contribution in [0.25, 0.3) is 0 Å². The molecule has 1 unspecified atom stereocenters. The van der Waals surface area contributed by atoms with Crippen LogP contribution in [0.1, 0.15) is 12.5 Å². The van der Waals surface area contributed by atoms with Gasteiger partial charge < -0.3 is 16.2 Å². The van der Waals surface area contributed by atoms with E-state index in [4.69, 9.17) is 5.73 Å². The molecule has 1 aromatic rings. The van der Waals surface area contributed by atoms with Crippen molar-refractivity contribution in [3.05, 3.63) is 48.0 Å². The molecular formula is C14H22IN3O. The smallest absolute Gasteiger partial charge is 0.188 e. The van der Waals surface area contributed by atoms with Gasteiger partial charge in [0.05, 0.1) is 12.6 Å². The fourth-order valence-electron chi connectivity index (χ4n) is 1.45. The Morgan fingerprint density at radius 3 is 2.63 bits per heavy atom. The normalized spacial score (nSPS) is 12.4. The lowest BCUT2D eigenvalue weighted by molar-refractivity contribution is 0.184. The van der Waals surface area contributed by atoms with Gasteiger partial charge in [0.25, 0.3) is 0 Å². The highest BCUT2D eigenvalue weighted by atomic mass is 127. The maximum Gasteiger partial charge on any atom is 0.188 e. The van der Waals surface area contributed by atoms with E-state index in [-0.39, 0.29) is 24.0 Å². The van der Waals surface area contributed by atoms with Gasteiger partial charge in [-0.15, -0.1) is 24.0 Å². The Bertz CT molecular complexity index is 406. The van der Waals surface area contributed by atoms with E-state index in [1.165, 1.54) is 0 Å². The fraction of sp³-hybridized carbons (Fsp3) is 0.357. The van der Waals surface area contributed by atoms with Gasteiger partial charge in [-0.05, 0) is 12.5 Å². The highest BCUT2D eigenvalue weighted by Crippen LogP contribution is 2.03. The molecule has 0 spiro atoms. The third-order valence-corrected chi connectivity index (χ3v) is 2.36. The Labute approximate surface area is 131 Å². The molecule has 5 heteroatoms. The third-order valence-electron chi connectivity index (χ3n) is 2.36.